The van der Waals surface area contributed by atoms with Crippen molar-refractivity contribution >= 4 is 11.9 Å². The average molecular weight is 254 g/mol. The molecule has 0 aromatic carbocycles. The minimum absolute atomic E-state index is 0.0477. The summed E-state index contributed by atoms with van der Waals surface area (Å²) in [5.74, 6) is -1.79. The summed E-state index contributed by atoms with van der Waals surface area (Å²) in [6.07, 6.45) is 2.85. The van der Waals surface area contributed by atoms with E-state index in [-0.39, 0.29) is 17.9 Å². The van der Waals surface area contributed by atoms with Gasteiger partial charge in [-0.3, -0.25) is 14.6 Å². The Morgan fingerprint density at radius 1 is 1.50 bits per heavy atom. The van der Waals surface area contributed by atoms with E-state index in [1.54, 1.807) is 0 Å². The van der Waals surface area contributed by atoms with E-state index >= 15 is 0 Å². The lowest BCUT2D eigenvalue weighted by Crippen LogP contribution is -2.28. The van der Waals surface area contributed by atoms with Crippen molar-refractivity contribution in [2.24, 2.45) is 5.92 Å². The first-order valence-electron chi connectivity index (χ1n) is 5.59. The topological polar surface area (TPSA) is 79.3 Å². The first kappa shape index (κ1) is 14.1. The summed E-state index contributed by atoms with van der Waals surface area (Å²) < 4.78 is 12.8. The van der Waals surface area contributed by atoms with Crippen molar-refractivity contribution in [3.8, 4) is 0 Å². The predicted molar refractivity (Wildman–Crippen MR) is 62.6 cm³/mol. The molecular formula is C12H15FN2O3. The molecule has 1 heterocycles. The second-order valence-corrected chi connectivity index (χ2v) is 4.14. The Balaban J connectivity index is 2.39. The zero-order valence-corrected chi connectivity index (χ0v) is 10.0. The van der Waals surface area contributed by atoms with Crippen LogP contribution in [0.25, 0.3) is 0 Å². The standard InChI is InChI=1S/C12H15FN2O3/c1-8(2-3-11(16)17)5-15-12(18)9-4-10(13)7-14-6-9/h4,6-8H,2-3,5H2,1H3,(H,15,18)(H,16,17). The zero-order chi connectivity index (χ0) is 13.5. The lowest BCUT2D eigenvalue weighted by atomic mass is 10.1. The molecule has 6 heteroatoms. The summed E-state index contributed by atoms with van der Waals surface area (Å²) in [5.41, 5.74) is 0.153. The van der Waals surface area contributed by atoms with Crippen LogP contribution in [0.4, 0.5) is 4.39 Å². The summed E-state index contributed by atoms with van der Waals surface area (Å²) in [7, 11) is 0. The van der Waals surface area contributed by atoms with Gasteiger partial charge in [0.2, 0.25) is 0 Å². The fraction of sp³-hybridized carbons (Fsp3) is 0.417. The Bertz CT molecular complexity index is 437. The predicted octanol–water partition coefficient (Wildman–Crippen LogP) is 1.45. The van der Waals surface area contributed by atoms with Gasteiger partial charge in [0.1, 0.15) is 5.82 Å². The van der Waals surface area contributed by atoms with E-state index in [4.69, 9.17) is 5.11 Å². The first-order valence-corrected chi connectivity index (χ1v) is 5.59. The molecule has 18 heavy (non-hydrogen) atoms. The number of carbonyl (C=O) groups is 2. The van der Waals surface area contributed by atoms with E-state index in [1.807, 2.05) is 6.92 Å². The van der Waals surface area contributed by atoms with E-state index in [1.165, 1.54) is 6.20 Å². The van der Waals surface area contributed by atoms with E-state index in [2.05, 4.69) is 10.3 Å². The number of halogens is 1. The Labute approximate surface area is 104 Å². The molecule has 0 fully saturated rings. The number of nitrogens with one attached hydrogen (secondary N) is 1. The van der Waals surface area contributed by atoms with Gasteiger partial charge >= 0.3 is 5.97 Å². The maximum Gasteiger partial charge on any atom is 0.303 e. The van der Waals surface area contributed by atoms with E-state index in [0.29, 0.717) is 13.0 Å². The highest BCUT2D eigenvalue weighted by Crippen LogP contribution is 2.05. The van der Waals surface area contributed by atoms with Crippen LogP contribution in [0.15, 0.2) is 18.5 Å². The van der Waals surface area contributed by atoms with Crippen molar-refractivity contribution in [3.05, 3.63) is 29.8 Å². The van der Waals surface area contributed by atoms with Crippen LogP contribution >= 0.6 is 0 Å². The molecule has 0 saturated carbocycles. The smallest absolute Gasteiger partial charge is 0.303 e. The third kappa shape index (κ3) is 4.90. The molecular weight excluding hydrogens is 239 g/mol. The molecule has 1 rings (SSSR count). The monoisotopic (exact) mass is 254 g/mol. The van der Waals surface area contributed by atoms with E-state index < -0.39 is 17.7 Å². The minimum atomic E-state index is -0.859. The summed E-state index contributed by atoms with van der Waals surface area (Å²) in [4.78, 5) is 25.5. The Kier molecular flexibility index (Phi) is 5.23. The van der Waals surface area contributed by atoms with Crippen molar-refractivity contribution in [2.75, 3.05) is 6.54 Å². The highest BCUT2D eigenvalue weighted by molar-refractivity contribution is 5.93. The molecule has 0 spiro atoms. The molecule has 5 nitrogen and oxygen atoms in total. The van der Waals surface area contributed by atoms with Crippen LogP contribution in [-0.2, 0) is 4.79 Å². The number of rotatable bonds is 6. The molecule has 0 aliphatic carbocycles. The zero-order valence-electron chi connectivity index (χ0n) is 10.0. The molecule has 0 aliphatic rings. The number of aromatic nitrogens is 1. The maximum absolute atomic E-state index is 12.8. The van der Waals surface area contributed by atoms with Crippen molar-refractivity contribution in [1.82, 2.24) is 10.3 Å². The molecule has 1 aromatic heterocycles. The molecule has 1 unspecified atom stereocenters. The molecule has 0 radical (unpaired) electrons. The number of amides is 1. The van der Waals surface area contributed by atoms with Gasteiger partial charge in [-0.2, -0.15) is 0 Å². The maximum atomic E-state index is 12.8. The minimum Gasteiger partial charge on any atom is -0.481 e. The number of hydrogen-bond donors (Lipinski definition) is 2. The van der Waals surface area contributed by atoms with Crippen molar-refractivity contribution in [2.45, 2.75) is 19.8 Å². The molecule has 98 valence electrons. The molecule has 0 aliphatic heterocycles. The Morgan fingerprint density at radius 3 is 2.83 bits per heavy atom. The summed E-state index contributed by atoms with van der Waals surface area (Å²) in [6, 6.07) is 1.10. The second kappa shape index (κ2) is 6.68. The van der Waals surface area contributed by atoms with Gasteiger partial charge in [0.15, 0.2) is 0 Å². The van der Waals surface area contributed by atoms with Crippen LogP contribution in [0.3, 0.4) is 0 Å². The van der Waals surface area contributed by atoms with Crippen LogP contribution in [0.5, 0.6) is 0 Å². The fourth-order valence-corrected chi connectivity index (χ4v) is 1.38. The quantitative estimate of drug-likeness (QED) is 0.805. The second-order valence-electron chi connectivity index (χ2n) is 4.14. The van der Waals surface area contributed by atoms with Crippen LogP contribution in [-0.4, -0.2) is 28.5 Å². The highest BCUT2D eigenvalue weighted by atomic mass is 19.1. The molecule has 0 saturated heterocycles. The summed E-state index contributed by atoms with van der Waals surface area (Å²) >= 11 is 0. The van der Waals surface area contributed by atoms with Crippen LogP contribution in [0, 0.1) is 11.7 Å². The Morgan fingerprint density at radius 2 is 2.22 bits per heavy atom. The number of carboxylic acid groups (broad SMARTS) is 1. The van der Waals surface area contributed by atoms with Gasteiger partial charge in [0.25, 0.3) is 5.91 Å². The van der Waals surface area contributed by atoms with Gasteiger partial charge in [-0.15, -0.1) is 0 Å². The summed E-state index contributed by atoms with van der Waals surface area (Å²) in [5, 5.41) is 11.1. The molecule has 1 atom stereocenters. The number of pyridine rings is 1. The summed E-state index contributed by atoms with van der Waals surface area (Å²) in [6.45, 7) is 2.19. The normalized spacial score (nSPS) is 11.9. The lowest BCUT2D eigenvalue weighted by molar-refractivity contribution is -0.137. The fourth-order valence-electron chi connectivity index (χ4n) is 1.38. The van der Waals surface area contributed by atoms with Gasteiger partial charge in [0.05, 0.1) is 11.8 Å². The average Bonchev–Trinajstić information content (AvgIpc) is 2.33. The van der Waals surface area contributed by atoms with Gasteiger partial charge in [-0.25, -0.2) is 4.39 Å². The number of carboxylic acids is 1. The van der Waals surface area contributed by atoms with Crippen LogP contribution in [0.1, 0.15) is 30.1 Å². The molecule has 1 amide bonds. The van der Waals surface area contributed by atoms with Gasteiger partial charge in [-0.05, 0) is 18.4 Å². The number of carbonyl (C=O) groups excluding carboxylic acids is 1. The van der Waals surface area contributed by atoms with Crippen molar-refractivity contribution in [1.29, 1.82) is 0 Å². The largest absolute Gasteiger partial charge is 0.481 e. The van der Waals surface area contributed by atoms with Crippen LogP contribution < -0.4 is 5.32 Å². The van der Waals surface area contributed by atoms with Crippen molar-refractivity contribution in [3.63, 3.8) is 0 Å². The van der Waals surface area contributed by atoms with E-state index in [9.17, 15) is 14.0 Å². The first-order chi connectivity index (χ1) is 8.49. The van der Waals surface area contributed by atoms with Gasteiger partial charge in [-0.1, -0.05) is 6.92 Å². The number of nitrogens with zero attached hydrogens (tertiary/aromatic N) is 1. The number of hydrogen-bond acceptors (Lipinski definition) is 3. The van der Waals surface area contributed by atoms with Gasteiger partial charge < -0.3 is 10.4 Å². The highest BCUT2D eigenvalue weighted by Gasteiger charge is 2.10. The van der Waals surface area contributed by atoms with Gasteiger partial charge in [0, 0.05) is 19.2 Å². The SMILES string of the molecule is CC(CCC(=O)O)CNC(=O)c1cncc(F)c1. The third-order valence-corrected chi connectivity index (χ3v) is 2.43. The molecule has 1 aromatic rings. The lowest BCUT2D eigenvalue weighted by Gasteiger charge is -2.11. The van der Waals surface area contributed by atoms with E-state index in [0.717, 1.165) is 12.3 Å². The molecule has 0 bridgehead atoms. The Hall–Kier alpha value is -1.98. The van der Waals surface area contributed by atoms with Crippen molar-refractivity contribution < 1.29 is 19.1 Å². The molecule has 2 N–H and O–H groups in total. The number of aliphatic carboxylic acids is 1. The third-order valence-electron chi connectivity index (χ3n) is 2.43. The van der Waals surface area contributed by atoms with Crippen LogP contribution in [0.2, 0.25) is 0 Å².